The van der Waals surface area contributed by atoms with Crippen molar-refractivity contribution < 1.29 is 0 Å². The number of hydrogen-bond acceptors (Lipinski definition) is 2. The van der Waals surface area contributed by atoms with Crippen LogP contribution in [0.2, 0.25) is 0 Å². The summed E-state index contributed by atoms with van der Waals surface area (Å²) in [4.78, 5) is 16.6. The number of nitrogens with zero attached hydrogens (tertiary/aromatic N) is 2. The van der Waals surface area contributed by atoms with Crippen LogP contribution in [0.4, 0.5) is 0 Å². The van der Waals surface area contributed by atoms with E-state index >= 15 is 0 Å². The van der Waals surface area contributed by atoms with Gasteiger partial charge in [-0.25, -0.2) is 4.98 Å². The fourth-order valence-corrected chi connectivity index (χ4v) is 2.41. The predicted octanol–water partition coefficient (Wildman–Crippen LogP) is 2.42. The second-order valence-corrected chi connectivity index (χ2v) is 4.52. The van der Waals surface area contributed by atoms with Gasteiger partial charge in [-0.3, -0.25) is 9.36 Å². The van der Waals surface area contributed by atoms with E-state index in [1.54, 1.807) is 6.07 Å². The maximum Gasteiger partial charge on any atom is 0.254 e. The van der Waals surface area contributed by atoms with E-state index in [2.05, 4.69) is 11.9 Å². The van der Waals surface area contributed by atoms with Crippen molar-refractivity contribution in [3.8, 4) is 11.3 Å². The van der Waals surface area contributed by atoms with E-state index in [4.69, 9.17) is 0 Å². The van der Waals surface area contributed by atoms with Crippen molar-refractivity contribution in [2.24, 2.45) is 0 Å². The molecular formula is C14H14N2O. The smallest absolute Gasteiger partial charge is 0.254 e. The Balaban J connectivity index is 2.17. The third kappa shape index (κ3) is 1.68. The number of rotatable bonds is 1. The van der Waals surface area contributed by atoms with E-state index in [9.17, 15) is 4.79 Å². The normalized spacial score (nSPS) is 18.1. The van der Waals surface area contributed by atoms with Crippen molar-refractivity contribution in [1.82, 2.24) is 9.55 Å². The lowest BCUT2D eigenvalue weighted by Crippen LogP contribution is -2.22. The molecule has 1 aliphatic rings. The minimum absolute atomic E-state index is 0.0684. The van der Waals surface area contributed by atoms with Gasteiger partial charge in [0.15, 0.2) is 0 Å². The Labute approximate surface area is 99.8 Å². The van der Waals surface area contributed by atoms with Crippen LogP contribution in [0.1, 0.15) is 25.2 Å². The molecule has 0 aliphatic carbocycles. The number of aryl methyl sites for hydroxylation is 1. The molecular weight excluding hydrogens is 212 g/mol. The first-order valence-electron chi connectivity index (χ1n) is 5.93. The summed E-state index contributed by atoms with van der Waals surface area (Å²) in [5.41, 5.74) is 1.86. The van der Waals surface area contributed by atoms with Crippen molar-refractivity contribution in [2.75, 3.05) is 0 Å². The average Bonchev–Trinajstić information content (AvgIpc) is 2.73. The van der Waals surface area contributed by atoms with Gasteiger partial charge in [0.25, 0.3) is 5.56 Å². The molecule has 0 radical (unpaired) electrons. The first kappa shape index (κ1) is 10.3. The Morgan fingerprint density at radius 2 is 2.06 bits per heavy atom. The fraction of sp³-hybridized carbons (Fsp3) is 0.286. The van der Waals surface area contributed by atoms with Gasteiger partial charge >= 0.3 is 0 Å². The highest BCUT2D eigenvalue weighted by molar-refractivity contribution is 5.58. The molecule has 17 heavy (non-hydrogen) atoms. The van der Waals surface area contributed by atoms with E-state index in [0.29, 0.717) is 0 Å². The molecule has 0 saturated heterocycles. The van der Waals surface area contributed by atoms with Crippen LogP contribution in [-0.4, -0.2) is 9.55 Å². The lowest BCUT2D eigenvalue weighted by molar-refractivity contribution is 0.560. The van der Waals surface area contributed by atoms with Gasteiger partial charge in [0.05, 0.1) is 5.69 Å². The minimum atomic E-state index is 0.0684. The highest BCUT2D eigenvalue weighted by atomic mass is 16.1. The molecule has 0 spiro atoms. The monoisotopic (exact) mass is 226 g/mol. The predicted molar refractivity (Wildman–Crippen MR) is 67.0 cm³/mol. The van der Waals surface area contributed by atoms with E-state index in [0.717, 1.165) is 29.9 Å². The second-order valence-electron chi connectivity index (χ2n) is 4.52. The molecule has 2 heterocycles. The van der Waals surface area contributed by atoms with Gasteiger partial charge in [0, 0.05) is 24.1 Å². The molecule has 2 aromatic rings. The van der Waals surface area contributed by atoms with Gasteiger partial charge in [-0.2, -0.15) is 0 Å². The molecule has 1 aromatic carbocycles. The van der Waals surface area contributed by atoms with Crippen molar-refractivity contribution in [3.63, 3.8) is 0 Å². The van der Waals surface area contributed by atoms with Crippen molar-refractivity contribution >= 4 is 0 Å². The molecule has 1 aliphatic heterocycles. The van der Waals surface area contributed by atoms with Crippen LogP contribution in [0.25, 0.3) is 11.3 Å². The summed E-state index contributed by atoms with van der Waals surface area (Å²) in [6.07, 6.45) is 1.91. The van der Waals surface area contributed by atoms with E-state index in [-0.39, 0.29) is 11.6 Å². The Morgan fingerprint density at radius 1 is 1.29 bits per heavy atom. The lowest BCUT2D eigenvalue weighted by Gasteiger charge is -2.09. The van der Waals surface area contributed by atoms with Gasteiger partial charge in [0.1, 0.15) is 5.82 Å². The van der Waals surface area contributed by atoms with Crippen LogP contribution in [-0.2, 0) is 6.42 Å². The van der Waals surface area contributed by atoms with Gasteiger partial charge in [0.2, 0.25) is 0 Å². The Kier molecular flexibility index (Phi) is 2.32. The van der Waals surface area contributed by atoms with E-state index in [1.165, 1.54) is 0 Å². The van der Waals surface area contributed by atoms with Gasteiger partial charge in [-0.05, 0) is 13.3 Å². The van der Waals surface area contributed by atoms with Crippen LogP contribution in [0.15, 0.2) is 41.2 Å². The van der Waals surface area contributed by atoms with Gasteiger partial charge < -0.3 is 0 Å². The van der Waals surface area contributed by atoms with Crippen LogP contribution in [0.3, 0.4) is 0 Å². The number of aromatic nitrogens is 2. The van der Waals surface area contributed by atoms with E-state index in [1.807, 2.05) is 34.9 Å². The first-order valence-corrected chi connectivity index (χ1v) is 5.93. The standard InChI is InChI=1S/C14H14N2O/c1-10-7-8-13-15-12(9-14(17)16(10)13)11-5-3-2-4-6-11/h2-6,9-10H,7-8H2,1H3/t10-/m0/s1. The SMILES string of the molecule is C[C@H]1CCc2nc(-c3ccccc3)cc(=O)n21. The zero-order valence-electron chi connectivity index (χ0n) is 9.76. The fourth-order valence-electron chi connectivity index (χ4n) is 2.41. The summed E-state index contributed by atoms with van der Waals surface area (Å²) in [6, 6.07) is 11.8. The molecule has 3 nitrogen and oxygen atoms in total. The zero-order valence-corrected chi connectivity index (χ0v) is 9.76. The van der Waals surface area contributed by atoms with Crippen LogP contribution < -0.4 is 5.56 Å². The van der Waals surface area contributed by atoms with Crippen LogP contribution in [0.5, 0.6) is 0 Å². The number of benzene rings is 1. The second kappa shape index (κ2) is 3.84. The molecule has 0 amide bonds. The third-order valence-electron chi connectivity index (χ3n) is 3.32. The molecule has 0 fully saturated rings. The third-order valence-corrected chi connectivity index (χ3v) is 3.32. The molecule has 0 saturated carbocycles. The molecule has 0 unspecified atom stereocenters. The largest absolute Gasteiger partial charge is 0.294 e. The molecule has 0 bridgehead atoms. The molecule has 1 atom stereocenters. The Hall–Kier alpha value is -1.90. The Morgan fingerprint density at radius 3 is 2.82 bits per heavy atom. The molecule has 86 valence electrons. The summed E-state index contributed by atoms with van der Waals surface area (Å²) < 4.78 is 1.81. The average molecular weight is 226 g/mol. The summed E-state index contributed by atoms with van der Waals surface area (Å²) in [5, 5.41) is 0. The lowest BCUT2D eigenvalue weighted by atomic mass is 10.1. The molecule has 3 heteroatoms. The summed E-state index contributed by atoms with van der Waals surface area (Å²) in [6.45, 7) is 2.07. The van der Waals surface area contributed by atoms with Crippen LogP contribution in [0, 0.1) is 0 Å². The minimum Gasteiger partial charge on any atom is -0.294 e. The highest BCUT2D eigenvalue weighted by Crippen LogP contribution is 2.23. The van der Waals surface area contributed by atoms with Crippen LogP contribution >= 0.6 is 0 Å². The number of fused-ring (bicyclic) bond motifs is 1. The van der Waals surface area contributed by atoms with Gasteiger partial charge in [-0.1, -0.05) is 30.3 Å². The quantitative estimate of drug-likeness (QED) is 0.748. The van der Waals surface area contributed by atoms with Crippen molar-refractivity contribution in [2.45, 2.75) is 25.8 Å². The summed E-state index contributed by atoms with van der Waals surface area (Å²) >= 11 is 0. The topological polar surface area (TPSA) is 34.9 Å². The number of hydrogen-bond donors (Lipinski definition) is 0. The van der Waals surface area contributed by atoms with Gasteiger partial charge in [-0.15, -0.1) is 0 Å². The zero-order chi connectivity index (χ0) is 11.8. The van der Waals surface area contributed by atoms with Crippen molar-refractivity contribution in [1.29, 1.82) is 0 Å². The maximum absolute atomic E-state index is 12.0. The maximum atomic E-state index is 12.0. The van der Waals surface area contributed by atoms with Crippen molar-refractivity contribution in [3.05, 3.63) is 52.6 Å². The molecule has 1 aromatic heterocycles. The molecule has 3 rings (SSSR count). The van der Waals surface area contributed by atoms with E-state index < -0.39 is 0 Å². The Bertz CT molecular complexity index is 601. The summed E-state index contributed by atoms with van der Waals surface area (Å²) in [7, 11) is 0. The summed E-state index contributed by atoms with van der Waals surface area (Å²) in [5.74, 6) is 0.920. The first-order chi connectivity index (χ1) is 8.25. The molecule has 0 N–H and O–H groups in total. The highest BCUT2D eigenvalue weighted by Gasteiger charge is 2.21.